The number of hydrogen-bond donors (Lipinski definition) is 1. The fraction of sp³-hybridized carbons (Fsp3) is 0. The number of phenolic OH excluding ortho intramolecular Hbond substituents is 1. The molecule has 0 aliphatic heterocycles. The molecule has 0 saturated heterocycles. The van der Waals surface area contributed by atoms with E-state index in [0.717, 1.165) is 5.39 Å². The molecule has 0 fully saturated rings. The van der Waals surface area contributed by atoms with Crippen molar-refractivity contribution < 1.29 is 26.9 Å². The summed E-state index contributed by atoms with van der Waals surface area (Å²) in [6.45, 7) is 0. The maximum absolute atomic E-state index is 9.31. The van der Waals surface area contributed by atoms with Crippen molar-refractivity contribution >= 4 is 10.9 Å². The zero-order valence-corrected chi connectivity index (χ0v) is 9.94. The van der Waals surface area contributed by atoms with Crippen molar-refractivity contribution in [2.45, 2.75) is 0 Å². The van der Waals surface area contributed by atoms with Gasteiger partial charge < -0.3 is 5.11 Å². The van der Waals surface area contributed by atoms with Gasteiger partial charge in [-0.25, -0.2) is 0 Å². The summed E-state index contributed by atoms with van der Waals surface area (Å²) in [5.41, 5.74) is 0.662. The molecule has 13 heavy (non-hydrogen) atoms. The van der Waals surface area contributed by atoms with Gasteiger partial charge in [0, 0.05) is 11.6 Å². The molecule has 0 aliphatic rings. The van der Waals surface area contributed by atoms with Gasteiger partial charge in [-0.2, -0.15) is 0 Å². The van der Waals surface area contributed by atoms with E-state index in [2.05, 4.69) is 4.98 Å². The standard InChI is InChI=1S/C9H7NO.O.Zn/c11-8-5-1-3-7-4-2-6-10-9(7)8;;/h1-6,11H;;. The summed E-state index contributed by atoms with van der Waals surface area (Å²) in [7, 11) is 0. The minimum absolute atomic E-state index is 0.125. The molecule has 1 heterocycles. The molecule has 1 N–H and O–H groups in total. The average molecular weight is 227 g/mol. The molecule has 62 valence electrons. The molecule has 1 aromatic carbocycles. The van der Waals surface area contributed by atoms with Crippen molar-refractivity contribution in [1.82, 2.24) is 4.98 Å². The van der Waals surface area contributed by atoms with E-state index in [9.17, 15) is 5.11 Å². The summed E-state index contributed by atoms with van der Waals surface area (Å²) in [6.07, 6.45) is 1.67. The number of aromatic nitrogens is 1. The first kappa shape index (κ1) is 9.94. The van der Waals surface area contributed by atoms with Crippen LogP contribution in [0.15, 0.2) is 36.5 Å². The number of rotatable bonds is 0. The number of phenols is 1. The van der Waals surface area contributed by atoms with E-state index in [1.807, 2.05) is 18.2 Å². The molecular formula is C9H7NO2Zn. The van der Waals surface area contributed by atoms with E-state index in [1.165, 1.54) is 0 Å². The first-order chi connectivity index (χ1) is 6.38. The second-order valence-electron chi connectivity index (χ2n) is 2.35. The zero-order chi connectivity index (χ0) is 9.68. The van der Waals surface area contributed by atoms with Gasteiger partial charge in [-0.1, -0.05) is 18.2 Å². The predicted octanol–water partition coefficient (Wildman–Crippen LogP) is 1.82. The average Bonchev–Trinajstić information content (AvgIpc) is 2.22. The molecule has 0 radical (unpaired) electrons. The van der Waals surface area contributed by atoms with Crippen molar-refractivity contribution in [2.75, 3.05) is 0 Å². The van der Waals surface area contributed by atoms with Crippen LogP contribution in [0.3, 0.4) is 0 Å². The van der Waals surface area contributed by atoms with E-state index in [4.69, 9.17) is 3.57 Å². The van der Waals surface area contributed by atoms with E-state index in [1.54, 1.807) is 18.3 Å². The van der Waals surface area contributed by atoms with Crippen LogP contribution in [0, 0.1) is 0 Å². The molecular weight excluding hydrogens is 219 g/mol. The van der Waals surface area contributed by atoms with Gasteiger partial charge in [0.2, 0.25) is 0 Å². The molecule has 0 aliphatic carbocycles. The number of pyridine rings is 1. The van der Waals surface area contributed by atoms with Crippen LogP contribution in [0.4, 0.5) is 0 Å². The number of fused-ring (bicyclic) bond motifs is 1. The minimum atomic E-state index is 0.125. The van der Waals surface area contributed by atoms with Gasteiger partial charge in [-0.3, -0.25) is 4.98 Å². The third-order valence-electron chi connectivity index (χ3n) is 1.61. The Morgan fingerprint density at radius 1 is 1.15 bits per heavy atom. The predicted molar refractivity (Wildman–Crippen MR) is 44.1 cm³/mol. The van der Waals surface area contributed by atoms with Crippen LogP contribution < -0.4 is 0 Å². The second-order valence-corrected chi connectivity index (χ2v) is 2.35. The molecule has 4 heteroatoms. The Hall–Kier alpha value is -1.15. The van der Waals surface area contributed by atoms with Crippen molar-refractivity contribution in [3.8, 4) is 5.75 Å². The Morgan fingerprint density at radius 3 is 2.54 bits per heavy atom. The zero-order valence-electron chi connectivity index (χ0n) is 6.97. The van der Waals surface area contributed by atoms with Gasteiger partial charge >= 0.3 is 21.8 Å². The summed E-state index contributed by atoms with van der Waals surface area (Å²) >= 11 is 0.125. The second kappa shape index (κ2) is 4.78. The monoisotopic (exact) mass is 225 g/mol. The fourth-order valence-corrected chi connectivity index (χ4v) is 1.09. The van der Waals surface area contributed by atoms with Crippen molar-refractivity contribution in [3.05, 3.63) is 36.5 Å². The van der Waals surface area contributed by atoms with Crippen LogP contribution in [-0.4, -0.2) is 10.1 Å². The first-order valence-electron chi connectivity index (χ1n) is 3.69. The molecule has 0 unspecified atom stereocenters. The third kappa shape index (κ3) is 2.16. The summed E-state index contributed by atoms with van der Waals surface area (Å²) in [4.78, 5) is 4.03. The first-order valence-corrected chi connectivity index (χ1v) is 4.90. The van der Waals surface area contributed by atoms with E-state index >= 15 is 0 Å². The van der Waals surface area contributed by atoms with Gasteiger partial charge in [0.15, 0.2) is 0 Å². The van der Waals surface area contributed by atoms with E-state index < -0.39 is 0 Å². The SMILES string of the molecule is Oc1cccc2cccnc12.[O]=[Zn]. The molecule has 3 nitrogen and oxygen atoms in total. The summed E-state index contributed by atoms with van der Waals surface area (Å²) in [6, 6.07) is 9.13. The Morgan fingerprint density at radius 2 is 1.85 bits per heavy atom. The van der Waals surface area contributed by atoms with E-state index in [-0.39, 0.29) is 24.0 Å². The van der Waals surface area contributed by atoms with Crippen molar-refractivity contribution in [2.24, 2.45) is 0 Å². The van der Waals surface area contributed by atoms with Crippen LogP contribution in [-0.2, 0) is 21.8 Å². The number of aromatic hydroxyl groups is 1. The molecule has 0 amide bonds. The Kier molecular flexibility index (Phi) is 3.65. The molecule has 2 aromatic rings. The third-order valence-corrected chi connectivity index (χ3v) is 1.61. The van der Waals surface area contributed by atoms with Crippen LogP contribution >= 0.6 is 0 Å². The maximum atomic E-state index is 9.31. The van der Waals surface area contributed by atoms with Gasteiger partial charge in [-0.15, -0.1) is 0 Å². The number of para-hydroxylation sites is 1. The fourth-order valence-electron chi connectivity index (χ4n) is 1.09. The molecule has 0 bridgehead atoms. The molecule has 0 spiro atoms. The van der Waals surface area contributed by atoms with E-state index in [0.29, 0.717) is 5.52 Å². The van der Waals surface area contributed by atoms with Crippen LogP contribution in [0.25, 0.3) is 10.9 Å². The van der Waals surface area contributed by atoms with Crippen LogP contribution in [0.1, 0.15) is 0 Å². The molecule has 0 saturated carbocycles. The van der Waals surface area contributed by atoms with Crippen LogP contribution in [0.5, 0.6) is 5.75 Å². The molecule has 2 rings (SSSR count). The number of benzene rings is 1. The molecule has 0 atom stereocenters. The van der Waals surface area contributed by atoms with Crippen molar-refractivity contribution in [1.29, 1.82) is 0 Å². The Labute approximate surface area is 85.4 Å². The topological polar surface area (TPSA) is 50.2 Å². The summed E-state index contributed by atoms with van der Waals surface area (Å²) in [5.74, 6) is 0.239. The van der Waals surface area contributed by atoms with Crippen LogP contribution in [0.2, 0.25) is 0 Å². The number of hydrogen-bond acceptors (Lipinski definition) is 3. The normalized spacial score (nSPS) is 9.08. The summed E-state index contributed by atoms with van der Waals surface area (Å²) in [5, 5.41) is 10.3. The Balaban J connectivity index is 0.000000396. The number of nitrogens with zero attached hydrogens (tertiary/aromatic N) is 1. The quantitative estimate of drug-likeness (QED) is 0.697. The van der Waals surface area contributed by atoms with Gasteiger partial charge in [0.05, 0.1) is 0 Å². The molecule has 1 aromatic heterocycles. The Bertz CT molecular complexity index is 400. The van der Waals surface area contributed by atoms with Gasteiger partial charge in [0.1, 0.15) is 11.3 Å². The van der Waals surface area contributed by atoms with Gasteiger partial charge in [-0.05, 0) is 12.1 Å². The van der Waals surface area contributed by atoms with Crippen molar-refractivity contribution in [3.63, 3.8) is 0 Å². The summed E-state index contributed by atoms with van der Waals surface area (Å²) < 4.78 is 8.38. The van der Waals surface area contributed by atoms with Gasteiger partial charge in [0.25, 0.3) is 0 Å².